The summed E-state index contributed by atoms with van der Waals surface area (Å²) in [6, 6.07) is 12.4. The molecule has 1 aromatic carbocycles. The van der Waals surface area contributed by atoms with E-state index in [4.69, 9.17) is 11.6 Å². The van der Waals surface area contributed by atoms with Crippen LogP contribution in [-0.2, 0) is 6.42 Å². The van der Waals surface area contributed by atoms with Crippen LogP contribution in [0.5, 0.6) is 0 Å². The van der Waals surface area contributed by atoms with Gasteiger partial charge in [-0.05, 0) is 45.3 Å². The maximum Gasteiger partial charge on any atom is 0.0614 e. The Morgan fingerprint density at radius 2 is 1.94 bits per heavy atom. The lowest BCUT2D eigenvalue weighted by Crippen LogP contribution is -2.06. The largest absolute Gasteiger partial charge is 0.148 e. The molecule has 0 N–H and O–H groups in total. The first-order chi connectivity index (χ1) is 8.18. The van der Waals surface area contributed by atoms with Crippen LogP contribution in [0.15, 0.2) is 46.3 Å². The zero-order valence-electron chi connectivity index (χ0n) is 9.57. The van der Waals surface area contributed by atoms with Crippen molar-refractivity contribution in [2.45, 2.75) is 18.7 Å². The Hall–Kier alpha value is -0.310. The van der Waals surface area contributed by atoms with Crippen molar-refractivity contribution in [2.24, 2.45) is 5.92 Å². The zero-order chi connectivity index (χ0) is 12.3. The van der Waals surface area contributed by atoms with E-state index in [1.165, 1.54) is 14.9 Å². The first-order valence-electron chi connectivity index (χ1n) is 5.59. The van der Waals surface area contributed by atoms with Gasteiger partial charge in [-0.25, -0.2) is 0 Å². The summed E-state index contributed by atoms with van der Waals surface area (Å²) in [5.74, 6) is 0.425. The van der Waals surface area contributed by atoms with E-state index < -0.39 is 0 Å². The van der Waals surface area contributed by atoms with Crippen molar-refractivity contribution in [3.8, 4) is 0 Å². The molecule has 0 aliphatic heterocycles. The van der Waals surface area contributed by atoms with Crippen molar-refractivity contribution in [2.75, 3.05) is 0 Å². The second-order valence-corrected chi connectivity index (χ2v) is 6.51. The molecule has 17 heavy (non-hydrogen) atoms. The first kappa shape index (κ1) is 13.1. The van der Waals surface area contributed by atoms with Crippen LogP contribution >= 0.6 is 38.9 Å². The minimum absolute atomic E-state index is 0.0743. The van der Waals surface area contributed by atoms with Gasteiger partial charge in [-0.1, -0.05) is 37.3 Å². The molecule has 0 nitrogen and oxygen atoms in total. The number of alkyl halides is 1. The Labute approximate surface area is 120 Å². The van der Waals surface area contributed by atoms with Gasteiger partial charge in [0.25, 0.3) is 0 Å². The summed E-state index contributed by atoms with van der Waals surface area (Å²) in [5.41, 5.74) is 1.20. The van der Waals surface area contributed by atoms with E-state index in [9.17, 15) is 0 Å². The minimum atomic E-state index is 0.0743. The predicted octanol–water partition coefficient (Wildman–Crippen LogP) is 5.67. The molecule has 0 aliphatic rings. The van der Waals surface area contributed by atoms with Crippen LogP contribution in [0.4, 0.5) is 0 Å². The fourth-order valence-corrected chi connectivity index (χ4v) is 3.72. The normalized spacial score (nSPS) is 14.5. The summed E-state index contributed by atoms with van der Waals surface area (Å²) in [7, 11) is 0. The van der Waals surface area contributed by atoms with Gasteiger partial charge in [0.1, 0.15) is 0 Å². The lowest BCUT2D eigenvalue weighted by molar-refractivity contribution is 0.562. The van der Waals surface area contributed by atoms with Gasteiger partial charge in [0.05, 0.1) is 5.38 Å². The topological polar surface area (TPSA) is 0 Å². The molecule has 2 unspecified atom stereocenters. The van der Waals surface area contributed by atoms with Gasteiger partial charge in [-0.2, -0.15) is 0 Å². The molecule has 3 heteroatoms. The molecule has 2 atom stereocenters. The van der Waals surface area contributed by atoms with Crippen LogP contribution in [0.3, 0.4) is 0 Å². The highest BCUT2D eigenvalue weighted by atomic mass is 79.9. The molecule has 0 saturated heterocycles. The summed E-state index contributed by atoms with van der Waals surface area (Å²) < 4.78 is 1.20. The average Bonchev–Trinajstić information content (AvgIpc) is 2.75. The van der Waals surface area contributed by atoms with E-state index in [2.05, 4.69) is 46.4 Å². The number of hydrogen-bond acceptors (Lipinski definition) is 1. The summed E-state index contributed by atoms with van der Waals surface area (Å²) in [5, 5.41) is 2.18. The van der Waals surface area contributed by atoms with Crippen LogP contribution in [0.25, 0.3) is 0 Å². The number of halogens is 2. The molecule has 1 aromatic heterocycles. The quantitative estimate of drug-likeness (QED) is 0.634. The number of thiophene rings is 1. The third-order valence-electron chi connectivity index (χ3n) is 2.82. The summed E-state index contributed by atoms with van der Waals surface area (Å²) in [6.45, 7) is 2.21. The standard InChI is InChI=1S/C14H14BrClS/c1-10(9-13-12(15)7-8-17-13)14(16)11-5-3-2-4-6-11/h2-8,10,14H,9H2,1H3. The number of rotatable bonds is 4. The van der Waals surface area contributed by atoms with Gasteiger partial charge >= 0.3 is 0 Å². The van der Waals surface area contributed by atoms with Gasteiger partial charge in [-0.3, -0.25) is 0 Å². The van der Waals surface area contributed by atoms with Crippen LogP contribution in [0, 0.1) is 5.92 Å². The van der Waals surface area contributed by atoms with Crippen LogP contribution in [-0.4, -0.2) is 0 Å². The molecule has 90 valence electrons. The predicted molar refractivity (Wildman–Crippen MR) is 79.9 cm³/mol. The second kappa shape index (κ2) is 6.03. The van der Waals surface area contributed by atoms with E-state index in [-0.39, 0.29) is 5.38 Å². The minimum Gasteiger partial charge on any atom is -0.148 e. The third-order valence-corrected chi connectivity index (χ3v) is 5.45. The molecule has 0 aliphatic carbocycles. The Balaban J connectivity index is 2.06. The van der Waals surface area contributed by atoms with Crippen LogP contribution in [0.1, 0.15) is 22.7 Å². The average molecular weight is 330 g/mol. The van der Waals surface area contributed by atoms with E-state index in [0.29, 0.717) is 5.92 Å². The van der Waals surface area contributed by atoms with Gasteiger partial charge in [0.15, 0.2) is 0 Å². The summed E-state index contributed by atoms with van der Waals surface area (Å²) >= 11 is 11.9. The third kappa shape index (κ3) is 3.34. The van der Waals surface area contributed by atoms with Gasteiger partial charge in [0, 0.05) is 9.35 Å². The first-order valence-corrected chi connectivity index (χ1v) is 7.70. The molecular weight excluding hydrogens is 316 g/mol. The molecular formula is C14H14BrClS. The smallest absolute Gasteiger partial charge is 0.0614 e. The van der Waals surface area contributed by atoms with Gasteiger partial charge in [0.2, 0.25) is 0 Å². The van der Waals surface area contributed by atoms with Gasteiger partial charge in [-0.15, -0.1) is 22.9 Å². The molecule has 0 amide bonds. The molecule has 0 bridgehead atoms. The SMILES string of the molecule is CC(Cc1sccc1Br)C(Cl)c1ccccc1. The van der Waals surface area contributed by atoms with Crippen molar-refractivity contribution in [3.63, 3.8) is 0 Å². The highest BCUT2D eigenvalue weighted by molar-refractivity contribution is 9.10. The van der Waals surface area contributed by atoms with Crippen LogP contribution < -0.4 is 0 Å². The second-order valence-electron chi connectivity index (χ2n) is 4.19. The fourth-order valence-electron chi connectivity index (χ4n) is 1.83. The Morgan fingerprint density at radius 3 is 2.53 bits per heavy atom. The van der Waals surface area contributed by atoms with E-state index in [1.807, 2.05) is 18.2 Å². The summed E-state index contributed by atoms with van der Waals surface area (Å²) in [4.78, 5) is 1.37. The van der Waals surface area contributed by atoms with Crippen molar-refractivity contribution >= 4 is 38.9 Å². The highest BCUT2D eigenvalue weighted by Gasteiger charge is 2.18. The Morgan fingerprint density at radius 1 is 1.24 bits per heavy atom. The maximum atomic E-state index is 6.52. The maximum absolute atomic E-state index is 6.52. The van der Waals surface area contributed by atoms with E-state index >= 15 is 0 Å². The fraction of sp³-hybridized carbons (Fsp3) is 0.286. The lowest BCUT2D eigenvalue weighted by atomic mass is 9.97. The zero-order valence-corrected chi connectivity index (χ0v) is 12.7. The molecule has 0 radical (unpaired) electrons. The van der Waals surface area contributed by atoms with Crippen molar-refractivity contribution in [1.82, 2.24) is 0 Å². The molecule has 0 fully saturated rings. The van der Waals surface area contributed by atoms with E-state index in [1.54, 1.807) is 11.3 Å². The number of benzene rings is 1. The highest BCUT2D eigenvalue weighted by Crippen LogP contribution is 2.34. The molecule has 0 spiro atoms. The summed E-state index contributed by atoms with van der Waals surface area (Å²) in [6.07, 6.45) is 1.02. The van der Waals surface area contributed by atoms with Gasteiger partial charge < -0.3 is 0 Å². The Bertz CT molecular complexity index is 466. The van der Waals surface area contributed by atoms with Crippen molar-refractivity contribution in [3.05, 3.63) is 56.7 Å². The molecule has 2 aromatic rings. The van der Waals surface area contributed by atoms with Crippen molar-refractivity contribution in [1.29, 1.82) is 0 Å². The molecule has 0 saturated carbocycles. The monoisotopic (exact) mass is 328 g/mol. The number of hydrogen-bond donors (Lipinski definition) is 0. The molecule has 1 heterocycles. The van der Waals surface area contributed by atoms with E-state index in [0.717, 1.165) is 6.42 Å². The van der Waals surface area contributed by atoms with Crippen LogP contribution in [0.2, 0.25) is 0 Å². The van der Waals surface area contributed by atoms with Crippen molar-refractivity contribution < 1.29 is 0 Å². The lowest BCUT2D eigenvalue weighted by Gasteiger charge is -2.17. The Kier molecular flexibility index (Phi) is 4.66. The molecule has 2 rings (SSSR count).